The van der Waals surface area contributed by atoms with Gasteiger partial charge in [-0.2, -0.15) is 0 Å². The van der Waals surface area contributed by atoms with Gasteiger partial charge in [0, 0.05) is 25.6 Å². The van der Waals surface area contributed by atoms with Crippen LogP contribution < -0.4 is 5.32 Å². The van der Waals surface area contributed by atoms with Crippen LogP contribution in [0.25, 0.3) is 0 Å². The van der Waals surface area contributed by atoms with Crippen molar-refractivity contribution in [2.45, 2.75) is 83.3 Å². The Balaban J connectivity index is 0.00000225. The zero-order valence-corrected chi connectivity index (χ0v) is 16.7. The van der Waals surface area contributed by atoms with E-state index in [-0.39, 0.29) is 18.5 Å². The van der Waals surface area contributed by atoms with Crippen LogP contribution in [0.3, 0.4) is 0 Å². The molecule has 25 heavy (non-hydrogen) atoms. The van der Waals surface area contributed by atoms with E-state index in [1.807, 2.05) is 0 Å². The van der Waals surface area contributed by atoms with Crippen molar-refractivity contribution in [1.29, 1.82) is 0 Å². The van der Waals surface area contributed by atoms with Crippen LogP contribution in [0.15, 0.2) is 0 Å². The van der Waals surface area contributed by atoms with Crippen molar-refractivity contribution in [2.24, 2.45) is 11.8 Å². The lowest BCUT2D eigenvalue weighted by Crippen LogP contribution is -2.46. The second-order valence-electron chi connectivity index (χ2n) is 8.33. The molecule has 0 bridgehead atoms. The maximum Gasteiger partial charge on any atom is 0.222 e. The summed E-state index contributed by atoms with van der Waals surface area (Å²) in [5, 5.41) is 3.42. The molecule has 1 atom stereocenters. The molecule has 0 spiro atoms. The van der Waals surface area contributed by atoms with Crippen molar-refractivity contribution < 1.29 is 9.53 Å². The molecule has 4 nitrogen and oxygen atoms in total. The number of carbonyl (C=O) groups is 1. The summed E-state index contributed by atoms with van der Waals surface area (Å²) in [5.74, 6) is 1.96. The number of halogens is 1. The zero-order chi connectivity index (χ0) is 16.8. The second-order valence-corrected chi connectivity index (χ2v) is 8.33. The van der Waals surface area contributed by atoms with Gasteiger partial charge in [0.1, 0.15) is 0 Å². The molecular weight excluding hydrogens is 336 g/mol. The van der Waals surface area contributed by atoms with Gasteiger partial charge in [-0.3, -0.25) is 4.79 Å². The third-order valence-corrected chi connectivity index (χ3v) is 6.40. The molecule has 2 heterocycles. The predicted molar refractivity (Wildman–Crippen MR) is 104 cm³/mol. The molecule has 146 valence electrons. The Labute approximate surface area is 159 Å². The number of hydrogen-bond donors (Lipinski definition) is 1. The van der Waals surface area contributed by atoms with E-state index in [0.29, 0.717) is 11.9 Å². The van der Waals surface area contributed by atoms with Gasteiger partial charge < -0.3 is 15.0 Å². The van der Waals surface area contributed by atoms with Crippen molar-refractivity contribution >= 4 is 18.3 Å². The van der Waals surface area contributed by atoms with E-state index in [1.54, 1.807) is 0 Å². The molecule has 1 aliphatic carbocycles. The van der Waals surface area contributed by atoms with Crippen molar-refractivity contribution in [2.75, 3.05) is 26.2 Å². The van der Waals surface area contributed by atoms with E-state index in [4.69, 9.17) is 4.74 Å². The summed E-state index contributed by atoms with van der Waals surface area (Å²) in [6.45, 7) is 6.31. The SMILES string of the molecule is CC1CCC(N(CC2CCCO2)C(=O)CCC2CCNCC2)CC1.Cl. The zero-order valence-electron chi connectivity index (χ0n) is 15.9. The summed E-state index contributed by atoms with van der Waals surface area (Å²) in [6, 6.07) is 0.464. The molecule has 1 N–H and O–H groups in total. The van der Waals surface area contributed by atoms with Crippen molar-refractivity contribution in [3.63, 3.8) is 0 Å². The number of rotatable bonds is 6. The topological polar surface area (TPSA) is 41.6 Å². The Morgan fingerprint density at radius 3 is 2.44 bits per heavy atom. The molecule has 2 saturated heterocycles. The van der Waals surface area contributed by atoms with E-state index >= 15 is 0 Å². The standard InChI is InChI=1S/C20H36N2O2.ClH/c1-16-4-7-18(8-5-16)22(15-19-3-2-14-24-19)20(23)9-6-17-10-12-21-13-11-17;/h16-19,21H,2-15H2,1H3;1H. The van der Waals surface area contributed by atoms with Gasteiger partial charge in [0.2, 0.25) is 5.91 Å². The van der Waals surface area contributed by atoms with Crippen molar-refractivity contribution in [3.05, 3.63) is 0 Å². The molecule has 5 heteroatoms. The lowest BCUT2D eigenvalue weighted by Gasteiger charge is -2.38. The molecule has 0 aromatic carbocycles. The molecule has 1 unspecified atom stereocenters. The van der Waals surface area contributed by atoms with Gasteiger partial charge >= 0.3 is 0 Å². The Kier molecular flexibility index (Phi) is 9.01. The lowest BCUT2D eigenvalue weighted by molar-refractivity contribution is -0.136. The van der Waals surface area contributed by atoms with Gasteiger partial charge in [-0.1, -0.05) is 6.92 Å². The maximum atomic E-state index is 13.0. The van der Waals surface area contributed by atoms with Gasteiger partial charge in [-0.15, -0.1) is 12.4 Å². The summed E-state index contributed by atoms with van der Waals surface area (Å²) in [4.78, 5) is 15.2. The molecular formula is C20H37ClN2O2. The van der Waals surface area contributed by atoms with Crippen LogP contribution in [0.4, 0.5) is 0 Å². The lowest BCUT2D eigenvalue weighted by atomic mass is 9.86. The minimum Gasteiger partial charge on any atom is -0.376 e. The van der Waals surface area contributed by atoms with Crippen LogP contribution in [-0.2, 0) is 9.53 Å². The molecule has 1 saturated carbocycles. The number of amides is 1. The fourth-order valence-corrected chi connectivity index (χ4v) is 4.66. The smallest absolute Gasteiger partial charge is 0.222 e. The summed E-state index contributed by atoms with van der Waals surface area (Å²) in [6.07, 6.45) is 11.8. The van der Waals surface area contributed by atoms with Crippen LogP contribution in [0.1, 0.15) is 71.1 Å². The van der Waals surface area contributed by atoms with Crippen LogP contribution in [0.5, 0.6) is 0 Å². The summed E-state index contributed by atoms with van der Waals surface area (Å²) in [7, 11) is 0. The Morgan fingerprint density at radius 1 is 1.08 bits per heavy atom. The summed E-state index contributed by atoms with van der Waals surface area (Å²) < 4.78 is 5.84. The molecule has 0 radical (unpaired) electrons. The first-order valence-electron chi connectivity index (χ1n) is 10.3. The first-order valence-corrected chi connectivity index (χ1v) is 10.3. The maximum absolute atomic E-state index is 13.0. The highest BCUT2D eigenvalue weighted by molar-refractivity contribution is 5.85. The van der Waals surface area contributed by atoms with Crippen molar-refractivity contribution in [1.82, 2.24) is 10.2 Å². The number of nitrogens with one attached hydrogen (secondary N) is 1. The first-order chi connectivity index (χ1) is 11.7. The number of hydrogen-bond acceptors (Lipinski definition) is 3. The highest BCUT2D eigenvalue weighted by atomic mass is 35.5. The average molecular weight is 373 g/mol. The summed E-state index contributed by atoms with van der Waals surface area (Å²) >= 11 is 0. The van der Waals surface area contributed by atoms with E-state index in [0.717, 1.165) is 63.8 Å². The van der Waals surface area contributed by atoms with Crippen LogP contribution >= 0.6 is 12.4 Å². The molecule has 3 aliphatic rings. The minimum atomic E-state index is 0. The highest BCUT2D eigenvalue weighted by Crippen LogP contribution is 2.29. The van der Waals surface area contributed by atoms with Gasteiger partial charge in [-0.05, 0) is 82.7 Å². The predicted octanol–water partition coefficient (Wildman–Crippen LogP) is 3.77. The molecule has 2 aliphatic heterocycles. The second kappa shape index (κ2) is 10.7. The normalized spacial score (nSPS) is 30.7. The average Bonchev–Trinajstić information content (AvgIpc) is 3.13. The molecule has 0 aromatic rings. The van der Waals surface area contributed by atoms with E-state index in [1.165, 1.54) is 38.5 Å². The van der Waals surface area contributed by atoms with Gasteiger partial charge in [-0.25, -0.2) is 0 Å². The van der Waals surface area contributed by atoms with Crippen LogP contribution in [0.2, 0.25) is 0 Å². The monoisotopic (exact) mass is 372 g/mol. The fourth-order valence-electron chi connectivity index (χ4n) is 4.66. The van der Waals surface area contributed by atoms with Gasteiger partial charge in [0.05, 0.1) is 6.10 Å². The number of ether oxygens (including phenoxy) is 1. The number of carbonyl (C=O) groups excluding carboxylic acids is 1. The van der Waals surface area contributed by atoms with Crippen LogP contribution in [-0.4, -0.2) is 49.2 Å². The van der Waals surface area contributed by atoms with E-state index in [2.05, 4.69) is 17.1 Å². The number of nitrogens with zero attached hydrogens (tertiary/aromatic N) is 1. The Morgan fingerprint density at radius 2 is 1.80 bits per heavy atom. The molecule has 0 aromatic heterocycles. The third-order valence-electron chi connectivity index (χ3n) is 6.40. The Bertz CT molecular complexity index is 387. The van der Waals surface area contributed by atoms with E-state index < -0.39 is 0 Å². The van der Waals surface area contributed by atoms with E-state index in [9.17, 15) is 4.79 Å². The third kappa shape index (κ3) is 6.41. The minimum absolute atomic E-state index is 0. The van der Waals surface area contributed by atoms with Gasteiger partial charge in [0.15, 0.2) is 0 Å². The van der Waals surface area contributed by atoms with Gasteiger partial charge in [0.25, 0.3) is 0 Å². The summed E-state index contributed by atoms with van der Waals surface area (Å²) in [5.41, 5.74) is 0. The first kappa shape index (κ1) is 21.0. The largest absolute Gasteiger partial charge is 0.376 e. The van der Waals surface area contributed by atoms with Crippen molar-refractivity contribution in [3.8, 4) is 0 Å². The molecule has 1 amide bonds. The fraction of sp³-hybridized carbons (Fsp3) is 0.950. The quantitative estimate of drug-likeness (QED) is 0.771. The molecule has 3 fully saturated rings. The Hall–Kier alpha value is -0.320. The number of piperidine rings is 1. The molecule has 3 rings (SSSR count). The highest BCUT2D eigenvalue weighted by Gasteiger charge is 2.31. The van der Waals surface area contributed by atoms with Crippen LogP contribution in [0, 0.1) is 11.8 Å².